The number of hydrogen-bond donors (Lipinski definition) is 1. The van der Waals surface area contributed by atoms with Crippen molar-refractivity contribution in [1.29, 1.82) is 0 Å². The first-order valence-corrected chi connectivity index (χ1v) is 9.07. The van der Waals surface area contributed by atoms with Gasteiger partial charge in [-0.05, 0) is 23.8 Å². The standard InChI is InChI=1S/C13H11Cl2NO4S2/c14-9-4-2-1-3-8(9)10(7-12(17)18)16-22(19,20)13-6-5-11(15)21-13/h1-6,10,16H,7H2,(H,17,18)/p-1/t10-/m1/s1. The van der Waals surface area contributed by atoms with E-state index in [1.807, 2.05) is 0 Å². The third kappa shape index (κ3) is 4.21. The molecule has 0 radical (unpaired) electrons. The fourth-order valence-electron chi connectivity index (χ4n) is 1.83. The predicted molar refractivity (Wildman–Crippen MR) is 83.5 cm³/mol. The number of carboxylic acids is 1. The van der Waals surface area contributed by atoms with Crippen molar-refractivity contribution in [2.24, 2.45) is 0 Å². The summed E-state index contributed by atoms with van der Waals surface area (Å²) in [6.45, 7) is 0. The van der Waals surface area contributed by atoms with Crippen molar-refractivity contribution >= 4 is 50.5 Å². The molecule has 1 aromatic heterocycles. The number of carbonyl (C=O) groups is 1. The molecule has 118 valence electrons. The molecule has 1 atom stereocenters. The molecule has 1 N–H and O–H groups in total. The predicted octanol–water partition coefficient (Wildman–Crippen LogP) is 2.21. The van der Waals surface area contributed by atoms with Crippen LogP contribution >= 0.6 is 34.5 Å². The fraction of sp³-hybridized carbons (Fsp3) is 0.154. The van der Waals surface area contributed by atoms with Crippen LogP contribution in [0.2, 0.25) is 9.36 Å². The topological polar surface area (TPSA) is 86.3 Å². The zero-order chi connectivity index (χ0) is 16.3. The second-order valence-corrected chi connectivity index (χ2v) is 8.39. The van der Waals surface area contributed by atoms with Crippen LogP contribution < -0.4 is 9.83 Å². The molecule has 0 aliphatic rings. The summed E-state index contributed by atoms with van der Waals surface area (Å²) in [6.07, 6.45) is -0.540. The van der Waals surface area contributed by atoms with Gasteiger partial charge in [0.1, 0.15) is 4.21 Å². The van der Waals surface area contributed by atoms with Crippen LogP contribution in [0, 0.1) is 0 Å². The van der Waals surface area contributed by atoms with Crippen LogP contribution in [-0.4, -0.2) is 14.4 Å². The molecule has 0 saturated heterocycles. The lowest BCUT2D eigenvalue weighted by Gasteiger charge is -2.20. The minimum Gasteiger partial charge on any atom is -0.550 e. The summed E-state index contributed by atoms with van der Waals surface area (Å²) in [5.74, 6) is -1.39. The van der Waals surface area contributed by atoms with Crippen LogP contribution in [0.5, 0.6) is 0 Å². The van der Waals surface area contributed by atoms with E-state index in [1.165, 1.54) is 12.1 Å². The number of rotatable bonds is 6. The van der Waals surface area contributed by atoms with Gasteiger partial charge in [-0.2, -0.15) is 0 Å². The van der Waals surface area contributed by atoms with Gasteiger partial charge in [-0.25, -0.2) is 13.1 Å². The number of sulfonamides is 1. The SMILES string of the molecule is O=C([O-])C[C@@H](NS(=O)(=O)c1ccc(Cl)s1)c1ccccc1Cl. The van der Waals surface area contributed by atoms with E-state index in [0.29, 0.717) is 9.90 Å². The van der Waals surface area contributed by atoms with E-state index >= 15 is 0 Å². The fourth-order valence-corrected chi connectivity index (χ4v) is 4.81. The summed E-state index contributed by atoms with van der Waals surface area (Å²) in [7, 11) is -3.91. The van der Waals surface area contributed by atoms with Crippen molar-refractivity contribution in [1.82, 2.24) is 4.72 Å². The Morgan fingerprint density at radius 2 is 1.91 bits per heavy atom. The zero-order valence-corrected chi connectivity index (χ0v) is 14.1. The summed E-state index contributed by atoms with van der Waals surface area (Å²) in [6, 6.07) is 8.16. The van der Waals surface area contributed by atoms with Gasteiger partial charge in [-0.15, -0.1) is 11.3 Å². The Bertz CT molecular complexity index is 789. The molecule has 1 aromatic carbocycles. The number of carboxylic acid groups (broad SMARTS) is 1. The van der Waals surface area contributed by atoms with Crippen molar-refractivity contribution < 1.29 is 18.3 Å². The molecule has 9 heteroatoms. The van der Waals surface area contributed by atoms with Crippen molar-refractivity contribution in [3.05, 3.63) is 51.3 Å². The van der Waals surface area contributed by atoms with E-state index in [-0.39, 0.29) is 9.23 Å². The zero-order valence-electron chi connectivity index (χ0n) is 11.0. The van der Waals surface area contributed by atoms with Gasteiger partial charge in [-0.1, -0.05) is 41.4 Å². The van der Waals surface area contributed by atoms with Gasteiger partial charge in [0, 0.05) is 17.4 Å². The second-order valence-electron chi connectivity index (χ2n) is 4.33. The Morgan fingerprint density at radius 3 is 2.45 bits per heavy atom. The lowest BCUT2D eigenvalue weighted by molar-refractivity contribution is -0.306. The summed E-state index contributed by atoms with van der Waals surface area (Å²) in [4.78, 5) is 10.9. The van der Waals surface area contributed by atoms with Gasteiger partial charge in [-0.3, -0.25) is 0 Å². The quantitative estimate of drug-likeness (QED) is 0.834. The van der Waals surface area contributed by atoms with E-state index in [9.17, 15) is 18.3 Å². The maximum atomic E-state index is 12.3. The number of carbonyl (C=O) groups excluding carboxylic acids is 1. The number of aliphatic carboxylic acids is 1. The number of nitrogens with one attached hydrogen (secondary N) is 1. The molecule has 0 fully saturated rings. The van der Waals surface area contributed by atoms with Crippen LogP contribution in [0.15, 0.2) is 40.6 Å². The molecule has 0 aliphatic carbocycles. The molecule has 0 unspecified atom stereocenters. The van der Waals surface area contributed by atoms with Crippen molar-refractivity contribution in [3.8, 4) is 0 Å². The highest BCUT2D eigenvalue weighted by molar-refractivity contribution is 7.91. The minimum absolute atomic E-state index is 0.00657. The number of benzene rings is 1. The first-order valence-electron chi connectivity index (χ1n) is 6.01. The highest BCUT2D eigenvalue weighted by Crippen LogP contribution is 2.29. The summed E-state index contributed by atoms with van der Waals surface area (Å²) < 4.78 is 27.3. The van der Waals surface area contributed by atoms with Gasteiger partial charge < -0.3 is 9.90 Å². The van der Waals surface area contributed by atoms with Crippen LogP contribution in [0.25, 0.3) is 0 Å². The molecule has 0 spiro atoms. The molecular formula is C13H10Cl2NO4S2-. The third-order valence-electron chi connectivity index (χ3n) is 2.76. The monoisotopic (exact) mass is 378 g/mol. The van der Waals surface area contributed by atoms with Crippen molar-refractivity contribution in [2.75, 3.05) is 0 Å². The average molecular weight is 379 g/mol. The lowest BCUT2D eigenvalue weighted by Crippen LogP contribution is -2.34. The minimum atomic E-state index is -3.91. The normalized spacial score (nSPS) is 13.0. The molecule has 22 heavy (non-hydrogen) atoms. The van der Waals surface area contributed by atoms with Crippen molar-refractivity contribution in [3.63, 3.8) is 0 Å². The smallest absolute Gasteiger partial charge is 0.250 e. The van der Waals surface area contributed by atoms with Crippen molar-refractivity contribution in [2.45, 2.75) is 16.7 Å². The molecule has 0 saturated carbocycles. The van der Waals surface area contributed by atoms with Gasteiger partial charge in [0.2, 0.25) is 0 Å². The van der Waals surface area contributed by atoms with Crippen LogP contribution in [0.4, 0.5) is 0 Å². The van der Waals surface area contributed by atoms with Gasteiger partial charge >= 0.3 is 0 Å². The molecule has 2 rings (SSSR count). The maximum Gasteiger partial charge on any atom is 0.250 e. The highest BCUT2D eigenvalue weighted by atomic mass is 35.5. The summed E-state index contributed by atoms with van der Waals surface area (Å²) >= 11 is 12.6. The summed E-state index contributed by atoms with van der Waals surface area (Å²) in [5, 5.41) is 11.2. The van der Waals surface area contributed by atoms with E-state index in [2.05, 4.69) is 4.72 Å². The molecule has 2 aromatic rings. The van der Waals surface area contributed by atoms with E-state index in [1.54, 1.807) is 24.3 Å². The molecule has 0 aliphatic heterocycles. The van der Waals surface area contributed by atoms with E-state index < -0.39 is 28.5 Å². The maximum absolute atomic E-state index is 12.3. The highest BCUT2D eigenvalue weighted by Gasteiger charge is 2.24. The first kappa shape index (κ1) is 17.2. The van der Waals surface area contributed by atoms with Gasteiger partial charge in [0.05, 0.1) is 10.4 Å². The van der Waals surface area contributed by atoms with Crippen LogP contribution in [0.1, 0.15) is 18.0 Å². The third-order valence-corrected chi connectivity index (χ3v) is 6.30. The molecule has 0 bridgehead atoms. The van der Waals surface area contributed by atoms with Crippen LogP contribution in [-0.2, 0) is 14.8 Å². The Labute approximate surface area is 141 Å². The average Bonchev–Trinajstić information content (AvgIpc) is 2.85. The molecule has 5 nitrogen and oxygen atoms in total. The Morgan fingerprint density at radius 1 is 1.23 bits per heavy atom. The van der Waals surface area contributed by atoms with Gasteiger partial charge in [0.25, 0.3) is 10.0 Å². The lowest BCUT2D eigenvalue weighted by atomic mass is 10.1. The number of hydrogen-bond acceptors (Lipinski definition) is 5. The van der Waals surface area contributed by atoms with E-state index in [4.69, 9.17) is 23.2 Å². The number of thiophene rings is 1. The van der Waals surface area contributed by atoms with Gasteiger partial charge in [0.15, 0.2) is 0 Å². The first-order chi connectivity index (χ1) is 10.3. The largest absolute Gasteiger partial charge is 0.550 e. The second kappa shape index (κ2) is 6.97. The van der Waals surface area contributed by atoms with E-state index in [0.717, 1.165) is 11.3 Å². The summed E-state index contributed by atoms with van der Waals surface area (Å²) in [5.41, 5.74) is 0.361. The molecular weight excluding hydrogens is 369 g/mol. The number of halogens is 2. The van der Waals surface area contributed by atoms with Crippen LogP contribution in [0.3, 0.4) is 0 Å². The Kier molecular flexibility index (Phi) is 5.46. The molecule has 0 amide bonds. The molecule has 1 heterocycles. The Balaban J connectivity index is 2.35. The Hall–Kier alpha value is -1.12.